The van der Waals surface area contributed by atoms with Gasteiger partial charge in [0.05, 0.1) is 26.4 Å². The van der Waals surface area contributed by atoms with Crippen LogP contribution in [0.2, 0.25) is 0 Å². The molecule has 0 fully saturated rings. The third kappa shape index (κ3) is 34.1. The number of hydrogen-bond donors (Lipinski definition) is 0. The summed E-state index contributed by atoms with van der Waals surface area (Å²) >= 11 is 0. The smallest absolute Gasteiger partial charge is 0.0701 e. The average molecular weight is 333 g/mol. The lowest BCUT2D eigenvalue weighted by molar-refractivity contribution is 0.0162. The molecule has 0 atom stereocenters. The van der Waals surface area contributed by atoms with Gasteiger partial charge in [0.1, 0.15) is 0 Å². The average Bonchev–Trinajstić information content (AvgIpc) is 2.55. The predicted molar refractivity (Wildman–Crippen MR) is 103 cm³/mol. The fourth-order valence-electron chi connectivity index (χ4n) is 1.75. The molecule has 0 bridgehead atoms. The van der Waals surface area contributed by atoms with Gasteiger partial charge in [-0.05, 0) is 19.8 Å². The van der Waals surface area contributed by atoms with Crippen molar-refractivity contribution >= 4 is 0 Å². The molecule has 142 valence electrons. The van der Waals surface area contributed by atoms with Crippen molar-refractivity contribution in [3.8, 4) is 0 Å². The molecule has 0 unspecified atom stereocenters. The van der Waals surface area contributed by atoms with E-state index >= 15 is 0 Å². The SMILES string of the molecule is C.C=CCC.CCCCCCCCCOCCOCCOCC. The van der Waals surface area contributed by atoms with Gasteiger partial charge in [0.15, 0.2) is 0 Å². The standard InChI is InChI=1S/C15H32O3.C4H8.CH4/c1-3-5-6-7-8-9-10-11-17-14-15-18-13-12-16-4-2;1-3-4-2;/h3-15H2,1-2H3;3H,1,4H2,2H3;1H4. The largest absolute Gasteiger partial charge is 0.379 e. The molecule has 0 aliphatic rings. The molecular weight excluding hydrogens is 288 g/mol. The summed E-state index contributed by atoms with van der Waals surface area (Å²) in [5.41, 5.74) is 0. The Morgan fingerprint density at radius 3 is 1.57 bits per heavy atom. The molecule has 0 rings (SSSR count). The van der Waals surface area contributed by atoms with Crippen LogP contribution in [0.1, 0.15) is 79.6 Å². The van der Waals surface area contributed by atoms with Gasteiger partial charge < -0.3 is 14.2 Å². The van der Waals surface area contributed by atoms with E-state index < -0.39 is 0 Å². The molecule has 0 aromatic heterocycles. The van der Waals surface area contributed by atoms with Crippen LogP contribution in [0.5, 0.6) is 0 Å². The Kier molecular flexibility index (Phi) is 35.4. The predicted octanol–water partition coefficient (Wildman–Crippen LogP) is 6.03. The second kappa shape index (κ2) is 29.6. The van der Waals surface area contributed by atoms with E-state index in [1.165, 1.54) is 44.9 Å². The first-order chi connectivity index (χ1) is 10.8. The molecule has 23 heavy (non-hydrogen) atoms. The highest BCUT2D eigenvalue weighted by Gasteiger charge is 1.92. The highest BCUT2D eigenvalue weighted by molar-refractivity contribution is 4.60. The minimum atomic E-state index is 0. The Bertz CT molecular complexity index is 168. The van der Waals surface area contributed by atoms with Crippen molar-refractivity contribution < 1.29 is 14.2 Å². The normalized spacial score (nSPS) is 9.70. The second-order valence-corrected chi connectivity index (χ2v) is 5.24. The first-order valence-corrected chi connectivity index (χ1v) is 9.17. The van der Waals surface area contributed by atoms with Crippen LogP contribution in [0.15, 0.2) is 12.7 Å². The van der Waals surface area contributed by atoms with Crippen LogP contribution in [-0.4, -0.2) is 39.6 Å². The topological polar surface area (TPSA) is 27.7 Å². The van der Waals surface area contributed by atoms with Crippen LogP contribution in [0.3, 0.4) is 0 Å². The van der Waals surface area contributed by atoms with Gasteiger partial charge in [-0.25, -0.2) is 0 Å². The lowest BCUT2D eigenvalue weighted by atomic mass is 10.1. The molecule has 0 aromatic rings. The Morgan fingerprint density at radius 2 is 1.09 bits per heavy atom. The van der Waals surface area contributed by atoms with Crippen molar-refractivity contribution in [1.82, 2.24) is 0 Å². The molecular formula is C20H44O3. The number of rotatable bonds is 16. The van der Waals surface area contributed by atoms with E-state index in [0.29, 0.717) is 26.4 Å². The van der Waals surface area contributed by atoms with Crippen molar-refractivity contribution in [2.45, 2.75) is 79.6 Å². The van der Waals surface area contributed by atoms with Gasteiger partial charge in [-0.15, -0.1) is 6.58 Å². The number of allylic oxidation sites excluding steroid dienone is 1. The van der Waals surface area contributed by atoms with Gasteiger partial charge in [0.25, 0.3) is 0 Å². The zero-order valence-corrected chi connectivity index (χ0v) is 15.4. The van der Waals surface area contributed by atoms with Gasteiger partial charge in [0.2, 0.25) is 0 Å². The van der Waals surface area contributed by atoms with Gasteiger partial charge >= 0.3 is 0 Å². The summed E-state index contributed by atoms with van der Waals surface area (Å²) in [4.78, 5) is 0. The quantitative estimate of drug-likeness (QED) is 0.255. The van der Waals surface area contributed by atoms with Crippen molar-refractivity contribution in [2.75, 3.05) is 39.6 Å². The summed E-state index contributed by atoms with van der Waals surface area (Å²) in [6.45, 7) is 14.2. The van der Waals surface area contributed by atoms with Gasteiger partial charge in [-0.2, -0.15) is 0 Å². The maximum atomic E-state index is 5.50. The summed E-state index contributed by atoms with van der Waals surface area (Å²) in [7, 11) is 0. The van der Waals surface area contributed by atoms with Crippen LogP contribution in [0.25, 0.3) is 0 Å². The van der Waals surface area contributed by atoms with Crippen molar-refractivity contribution in [3.63, 3.8) is 0 Å². The molecule has 0 saturated heterocycles. The molecule has 3 heteroatoms. The summed E-state index contributed by atoms with van der Waals surface area (Å²) in [6, 6.07) is 0. The van der Waals surface area contributed by atoms with Crippen molar-refractivity contribution in [2.24, 2.45) is 0 Å². The third-order valence-corrected chi connectivity index (χ3v) is 3.13. The highest BCUT2D eigenvalue weighted by Crippen LogP contribution is 2.06. The number of ether oxygens (including phenoxy) is 3. The van der Waals surface area contributed by atoms with E-state index in [2.05, 4.69) is 20.4 Å². The Morgan fingerprint density at radius 1 is 0.652 bits per heavy atom. The fourth-order valence-corrected chi connectivity index (χ4v) is 1.75. The van der Waals surface area contributed by atoms with Gasteiger partial charge in [-0.1, -0.05) is 65.9 Å². The van der Waals surface area contributed by atoms with E-state index in [1.54, 1.807) is 0 Å². The highest BCUT2D eigenvalue weighted by atomic mass is 16.5. The van der Waals surface area contributed by atoms with Crippen LogP contribution in [-0.2, 0) is 14.2 Å². The first-order valence-electron chi connectivity index (χ1n) is 9.17. The Labute approximate surface area is 146 Å². The maximum Gasteiger partial charge on any atom is 0.0701 e. The van der Waals surface area contributed by atoms with Gasteiger partial charge in [0, 0.05) is 13.2 Å². The van der Waals surface area contributed by atoms with Crippen LogP contribution in [0, 0.1) is 0 Å². The van der Waals surface area contributed by atoms with E-state index in [4.69, 9.17) is 14.2 Å². The van der Waals surface area contributed by atoms with Crippen molar-refractivity contribution in [1.29, 1.82) is 0 Å². The van der Waals surface area contributed by atoms with Crippen LogP contribution in [0.4, 0.5) is 0 Å². The minimum Gasteiger partial charge on any atom is -0.379 e. The molecule has 0 saturated carbocycles. The summed E-state index contributed by atoms with van der Waals surface area (Å²) < 4.78 is 16.0. The molecule has 0 aliphatic carbocycles. The zero-order chi connectivity index (χ0) is 16.7. The van der Waals surface area contributed by atoms with Crippen LogP contribution < -0.4 is 0 Å². The van der Waals surface area contributed by atoms with E-state index in [9.17, 15) is 0 Å². The summed E-state index contributed by atoms with van der Waals surface area (Å²) in [5, 5.41) is 0. The Hall–Kier alpha value is -0.380. The summed E-state index contributed by atoms with van der Waals surface area (Å²) in [6.07, 6.45) is 12.3. The van der Waals surface area contributed by atoms with E-state index in [0.717, 1.165) is 19.6 Å². The maximum absolute atomic E-state index is 5.50. The molecule has 0 spiro atoms. The van der Waals surface area contributed by atoms with E-state index in [-0.39, 0.29) is 7.43 Å². The van der Waals surface area contributed by atoms with E-state index in [1.807, 2.05) is 13.0 Å². The fraction of sp³-hybridized carbons (Fsp3) is 0.900. The second-order valence-electron chi connectivity index (χ2n) is 5.24. The van der Waals surface area contributed by atoms with Gasteiger partial charge in [-0.3, -0.25) is 0 Å². The minimum absolute atomic E-state index is 0. The van der Waals surface area contributed by atoms with Crippen molar-refractivity contribution in [3.05, 3.63) is 12.7 Å². The zero-order valence-electron chi connectivity index (χ0n) is 15.4. The molecule has 0 heterocycles. The number of hydrogen-bond acceptors (Lipinski definition) is 3. The van der Waals surface area contributed by atoms with Crippen LogP contribution >= 0.6 is 0 Å². The first kappa shape index (κ1) is 27.5. The number of unbranched alkanes of at least 4 members (excludes halogenated alkanes) is 6. The molecule has 0 aromatic carbocycles. The molecule has 0 amide bonds. The lowest BCUT2D eigenvalue weighted by Crippen LogP contribution is -2.09. The molecule has 3 nitrogen and oxygen atoms in total. The lowest BCUT2D eigenvalue weighted by Gasteiger charge is -2.06. The summed E-state index contributed by atoms with van der Waals surface area (Å²) in [5.74, 6) is 0. The monoisotopic (exact) mass is 332 g/mol. The Balaban J connectivity index is -0.000000712. The third-order valence-electron chi connectivity index (χ3n) is 3.13. The molecule has 0 N–H and O–H groups in total. The molecule has 0 aliphatic heterocycles. The molecule has 0 radical (unpaired) electrons.